The summed E-state index contributed by atoms with van der Waals surface area (Å²) in [5, 5.41) is 2.79. The summed E-state index contributed by atoms with van der Waals surface area (Å²) in [6.45, 7) is 2.87. The lowest BCUT2D eigenvalue weighted by Crippen LogP contribution is -2.29. The number of unbranched alkanes of at least 4 members (excludes halogenated alkanes) is 1. The van der Waals surface area contributed by atoms with E-state index < -0.39 is 0 Å². The van der Waals surface area contributed by atoms with Crippen LogP contribution in [0, 0.1) is 0 Å². The average molecular weight is 286 g/mol. The molecule has 0 aromatic heterocycles. The van der Waals surface area contributed by atoms with Crippen molar-refractivity contribution >= 4 is 21.8 Å². The second kappa shape index (κ2) is 7.28. The first kappa shape index (κ1) is 13.0. The summed E-state index contributed by atoms with van der Waals surface area (Å²) in [5.74, 6) is 0.609. The molecule has 4 heteroatoms. The van der Waals surface area contributed by atoms with E-state index in [1.54, 1.807) is 0 Å². The fourth-order valence-electron chi connectivity index (χ4n) is 1.16. The van der Waals surface area contributed by atoms with Gasteiger partial charge in [-0.25, -0.2) is 0 Å². The van der Waals surface area contributed by atoms with Crippen LogP contribution in [0.4, 0.5) is 0 Å². The lowest BCUT2D eigenvalue weighted by molar-refractivity contribution is -0.123. The third-order valence-corrected chi connectivity index (χ3v) is 2.70. The van der Waals surface area contributed by atoms with Crippen LogP contribution in [0.25, 0.3) is 0 Å². The zero-order valence-corrected chi connectivity index (χ0v) is 10.9. The van der Waals surface area contributed by atoms with Gasteiger partial charge in [-0.05, 0) is 34.5 Å². The molecular formula is C12H16BrNO2. The summed E-state index contributed by atoms with van der Waals surface area (Å²) in [5.41, 5.74) is 0. The molecule has 0 aliphatic carbocycles. The molecule has 1 amide bonds. The minimum atomic E-state index is -0.0794. The van der Waals surface area contributed by atoms with Gasteiger partial charge >= 0.3 is 0 Å². The predicted octanol–water partition coefficient (Wildman–Crippen LogP) is 2.74. The summed E-state index contributed by atoms with van der Waals surface area (Å²) < 4.78 is 6.23. The van der Waals surface area contributed by atoms with E-state index in [0.29, 0.717) is 12.3 Å². The number of carbonyl (C=O) groups is 1. The molecule has 88 valence electrons. The normalized spacial score (nSPS) is 9.88. The summed E-state index contributed by atoms with van der Waals surface area (Å²) in [4.78, 5) is 11.4. The van der Waals surface area contributed by atoms with E-state index in [0.717, 1.165) is 17.3 Å². The second-order valence-electron chi connectivity index (χ2n) is 3.42. The maximum Gasteiger partial charge on any atom is 0.257 e. The molecule has 1 rings (SSSR count). The van der Waals surface area contributed by atoms with Crippen LogP contribution in [0.5, 0.6) is 5.75 Å². The SMILES string of the molecule is CCCCNC(=O)COc1ccccc1Br. The van der Waals surface area contributed by atoms with Crippen molar-refractivity contribution in [2.24, 2.45) is 0 Å². The number of nitrogens with one attached hydrogen (secondary N) is 1. The van der Waals surface area contributed by atoms with Crippen molar-refractivity contribution < 1.29 is 9.53 Å². The zero-order chi connectivity index (χ0) is 11.8. The van der Waals surface area contributed by atoms with Gasteiger partial charge in [-0.1, -0.05) is 25.5 Å². The van der Waals surface area contributed by atoms with Gasteiger partial charge in [0.1, 0.15) is 5.75 Å². The number of amides is 1. The molecule has 0 aliphatic rings. The van der Waals surface area contributed by atoms with Gasteiger partial charge in [-0.15, -0.1) is 0 Å². The van der Waals surface area contributed by atoms with Crippen molar-refractivity contribution in [2.45, 2.75) is 19.8 Å². The summed E-state index contributed by atoms with van der Waals surface area (Å²) in [6.07, 6.45) is 2.08. The van der Waals surface area contributed by atoms with Crippen molar-refractivity contribution in [3.05, 3.63) is 28.7 Å². The standard InChI is InChI=1S/C12H16BrNO2/c1-2-3-8-14-12(15)9-16-11-7-5-4-6-10(11)13/h4-7H,2-3,8-9H2,1H3,(H,14,15). The van der Waals surface area contributed by atoms with Crippen LogP contribution in [0.2, 0.25) is 0 Å². The molecule has 1 aromatic rings. The van der Waals surface area contributed by atoms with Crippen LogP contribution in [0.1, 0.15) is 19.8 Å². The zero-order valence-electron chi connectivity index (χ0n) is 9.33. The Morgan fingerprint density at radius 2 is 2.19 bits per heavy atom. The van der Waals surface area contributed by atoms with Gasteiger partial charge in [0.2, 0.25) is 0 Å². The summed E-state index contributed by atoms with van der Waals surface area (Å²) >= 11 is 3.35. The molecule has 0 unspecified atom stereocenters. The van der Waals surface area contributed by atoms with E-state index in [2.05, 4.69) is 28.2 Å². The molecule has 1 N–H and O–H groups in total. The fraction of sp³-hybridized carbons (Fsp3) is 0.417. The van der Waals surface area contributed by atoms with Crippen LogP contribution in [-0.2, 0) is 4.79 Å². The van der Waals surface area contributed by atoms with Gasteiger partial charge < -0.3 is 10.1 Å². The molecule has 0 spiro atoms. The van der Waals surface area contributed by atoms with Crippen molar-refractivity contribution in [3.8, 4) is 5.75 Å². The third kappa shape index (κ3) is 4.66. The monoisotopic (exact) mass is 285 g/mol. The van der Waals surface area contributed by atoms with Gasteiger partial charge in [-0.2, -0.15) is 0 Å². The van der Waals surface area contributed by atoms with E-state index in [9.17, 15) is 4.79 Å². The van der Waals surface area contributed by atoms with Gasteiger partial charge in [0.05, 0.1) is 4.47 Å². The Bertz CT molecular complexity index is 342. The molecule has 0 atom stereocenters. The largest absolute Gasteiger partial charge is 0.483 e. The molecule has 0 heterocycles. The number of hydrogen-bond acceptors (Lipinski definition) is 2. The smallest absolute Gasteiger partial charge is 0.257 e. The lowest BCUT2D eigenvalue weighted by atomic mass is 10.3. The topological polar surface area (TPSA) is 38.3 Å². The molecule has 16 heavy (non-hydrogen) atoms. The van der Waals surface area contributed by atoms with Crippen molar-refractivity contribution in [2.75, 3.05) is 13.2 Å². The third-order valence-electron chi connectivity index (χ3n) is 2.05. The van der Waals surface area contributed by atoms with E-state index in [4.69, 9.17) is 4.74 Å². The molecule has 1 aromatic carbocycles. The molecule has 0 aliphatic heterocycles. The highest BCUT2D eigenvalue weighted by Crippen LogP contribution is 2.23. The van der Waals surface area contributed by atoms with Gasteiger partial charge in [0.25, 0.3) is 5.91 Å². The van der Waals surface area contributed by atoms with E-state index in [1.807, 2.05) is 24.3 Å². The van der Waals surface area contributed by atoms with Gasteiger partial charge in [0, 0.05) is 6.54 Å². The molecule has 3 nitrogen and oxygen atoms in total. The Hall–Kier alpha value is -1.03. The summed E-state index contributed by atoms with van der Waals surface area (Å²) in [7, 11) is 0. The van der Waals surface area contributed by atoms with Gasteiger partial charge in [-0.3, -0.25) is 4.79 Å². The minimum absolute atomic E-state index is 0.0618. The second-order valence-corrected chi connectivity index (χ2v) is 4.28. The maximum absolute atomic E-state index is 11.4. The quantitative estimate of drug-likeness (QED) is 0.817. The first-order valence-electron chi connectivity index (χ1n) is 5.38. The number of halogens is 1. The van der Waals surface area contributed by atoms with Crippen LogP contribution in [0.15, 0.2) is 28.7 Å². The van der Waals surface area contributed by atoms with Crippen LogP contribution in [0.3, 0.4) is 0 Å². The number of benzene rings is 1. The Labute approximate surface area is 104 Å². The number of hydrogen-bond donors (Lipinski definition) is 1. The Kier molecular flexibility index (Phi) is 5.93. The van der Waals surface area contributed by atoms with E-state index >= 15 is 0 Å². The number of rotatable bonds is 6. The molecule has 0 bridgehead atoms. The molecule has 0 fully saturated rings. The Morgan fingerprint density at radius 1 is 1.44 bits per heavy atom. The Morgan fingerprint density at radius 3 is 2.88 bits per heavy atom. The molecule has 0 saturated carbocycles. The number of para-hydroxylation sites is 1. The minimum Gasteiger partial charge on any atom is -0.483 e. The maximum atomic E-state index is 11.4. The highest BCUT2D eigenvalue weighted by Gasteiger charge is 2.03. The van der Waals surface area contributed by atoms with Gasteiger partial charge in [0.15, 0.2) is 6.61 Å². The Balaban J connectivity index is 2.29. The van der Waals surface area contributed by atoms with E-state index in [-0.39, 0.29) is 12.5 Å². The highest BCUT2D eigenvalue weighted by molar-refractivity contribution is 9.10. The average Bonchev–Trinajstić information content (AvgIpc) is 2.28. The molecular weight excluding hydrogens is 270 g/mol. The van der Waals surface area contributed by atoms with Crippen molar-refractivity contribution in [1.82, 2.24) is 5.32 Å². The first-order chi connectivity index (χ1) is 7.74. The first-order valence-corrected chi connectivity index (χ1v) is 6.17. The predicted molar refractivity (Wildman–Crippen MR) is 67.6 cm³/mol. The number of carbonyl (C=O) groups excluding carboxylic acids is 1. The summed E-state index contributed by atoms with van der Waals surface area (Å²) in [6, 6.07) is 7.47. The van der Waals surface area contributed by atoms with Crippen molar-refractivity contribution in [1.29, 1.82) is 0 Å². The van der Waals surface area contributed by atoms with Crippen molar-refractivity contribution in [3.63, 3.8) is 0 Å². The van der Waals surface area contributed by atoms with Crippen LogP contribution >= 0.6 is 15.9 Å². The molecule has 0 saturated heterocycles. The number of ether oxygens (including phenoxy) is 1. The van der Waals surface area contributed by atoms with Crippen LogP contribution in [-0.4, -0.2) is 19.1 Å². The fourth-order valence-corrected chi connectivity index (χ4v) is 1.56. The van der Waals surface area contributed by atoms with E-state index in [1.165, 1.54) is 0 Å². The van der Waals surface area contributed by atoms with Crippen LogP contribution < -0.4 is 10.1 Å². The highest BCUT2D eigenvalue weighted by atomic mass is 79.9. The lowest BCUT2D eigenvalue weighted by Gasteiger charge is -2.08. The molecule has 0 radical (unpaired) electrons.